The molecule has 0 radical (unpaired) electrons. The maximum Gasteiger partial charge on any atom is 0.342 e. The molecule has 0 aliphatic heterocycles. The second-order valence-electron chi connectivity index (χ2n) is 3.17. The van der Waals surface area contributed by atoms with Crippen LogP contribution in [0.2, 0.25) is 0 Å². The second-order valence-corrected chi connectivity index (χ2v) is 3.17. The van der Waals surface area contributed by atoms with Crippen LogP contribution < -0.4 is 10.3 Å². The first kappa shape index (κ1) is 12.8. The van der Waals surface area contributed by atoms with E-state index in [0.29, 0.717) is 0 Å². The van der Waals surface area contributed by atoms with E-state index in [2.05, 4.69) is 0 Å². The van der Waals surface area contributed by atoms with E-state index in [9.17, 15) is 9.59 Å². The molecule has 1 heterocycles. The number of hydrogen-bond acceptors (Lipinski definition) is 5. The van der Waals surface area contributed by atoms with Crippen LogP contribution in [0.1, 0.15) is 23.0 Å². The zero-order valence-electron chi connectivity index (χ0n) is 9.81. The van der Waals surface area contributed by atoms with Crippen molar-refractivity contribution in [2.75, 3.05) is 13.7 Å². The van der Waals surface area contributed by atoms with Gasteiger partial charge in [0.05, 0.1) is 13.7 Å². The summed E-state index contributed by atoms with van der Waals surface area (Å²) >= 11 is 0. The Morgan fingerprint density at radius 1 is 1.59 bits per heavy atom. The molecule has 90 valence electrons. The van der Waals surface area contributed by atoms with Gasteiger partial charge in [0.1, 0.15) is 17.3 Å². The lowest BCUT2D eigenvalue weighted by Crippen LogP contribution is -2.24. The Morgan fingerprint density at radius 3 is 2.71 bits per heavy atom. The Balaban J connectivity index is 3.50. The number of methoxy groups -OCH3 is 1. The van der Waals surface area contributed by atoms with E-state index in [1.165, 1.54) is 20.2 Å². The van der Waals surface area contributed by atoms with Gasteiger partial charge in [-0.15, -0.1) is 0 Å². The average molecular weight is 236 g/mol. The summed E-state index contributed by atoms with van der Waals surface area (Å²) in [7, 11) is 2.71. The number of aromatic nitrogens is 1. The lowest BCUT2D eigenvalue weighted by atomic mass is 10.2. The van der Waals surface area contributed by atoms with Gasteiger partial charge in [-0.3, -0.25) is 9.36 Å². The van der Waals surface area contributed by atoms with Gasteiger partial charge in [0, 0.05) is 7.05 Å². The van der Waals surface area contributed by atoms with E-state index in [1.807, 2.05) is 6.07 Å². The molecule has 0 N–H and O–H groups in total. The lowest BCUT2D eigenvalue weighted by Gasteiger charge is -2.10. The standard InChI is InChI=1S/C11H12N2O4/c1-4-17-11(15)8-5-7(6-12)13(2)10(14)9(8)16-3/h5H,4H2,1-3H3. The number of nitrogens with zero attached hydrogens (tertiary/aromatic N) is 2. The largest absolute Gasteiger partial charge is 0.490 e. The highest BCUT2D eigenvalue weighted by molar-refractivity contribution is 5.92. The molecule has 0 aromatic carbocycles. The number of ether oxygens (including phenoxy) is 2. The van der Waals surface area contributed by atoms with Crippen molar-refractivity contribution in [3.05, 3.63) is 27.7 Å². The van der Waals surface area contributed by atoms with Gasteiger partial charge in [0.15, 0.2) is 5.75 Å². The molecule has 0 amide bonds. The molecule has 0 spiro atoms. The quantitative estimate of drug-likeness (QED) is 0.711. The fraction of sp³-hybridized carbons (Fsp3) is 0.364. The predicted octanol–water partition coefficient (Wildman–Crippen LogP) is 0.442. The topological polar surface area (TPSA) is 81.3 Å². The third-order valence-corrected chi connectivity index (χ3v) is 2.20. The maximum absolute atomic E-state index is 11.8. The van der Waals surface area contributed by atoms with Gasteiger partial charge in [-0.25, -0.2) is 4.79 Å². The minimum Gasteiger partial charge on any atom is -0.490 e. The molecule has 1 rings (SSSR count). The fourth-order valence-corrected chi connectivity index (χ4v) is 1.34. The van der Waals surface area contributed by atoms with E-state index in [1.54, 1.807) is 6.92 Å². The molecule has 0 aliphatic rings. The third-order valence-electron chi connectivity index (χ3n) is 2.20. The number of pyridine rings is 1. The van der Waals surface area contributed by atoms with E-state index < -0.39 is 11.5 Å². The molecule has 0 atom stereocenters. The highest BCUT2D eigenvalue weighted by Gasteiger charge is 2.20. The maximum atomic E-state index is 11.8. The van der Waals surface area contributed by atoms with Gasteiger partial charge in [0.2, 0.25) is 0 Å². The van der Waals surface area contributed by atoms with Crippen LogP contribution in [0.4, 0.5) is 0 Å². The van der Waals surface area contributed by atoms with Crippen molar-refractivity contribution in [1.82, 2.24) is 4.57 Å². The van der Waals surface area contributed by atoms with Crippen LogP contribution >= 0.6 is 0 Å². The zero-order valence-corrected chi connectivity index (χ0v) is 9.81. The van der Waals surface area contributed by atoms with Crippen LogP contribution in [-0.4, -0.2) is 24.3 Å². The van der Waals surface area contributed by atoms with Gasteiger partial charge in [-0.05, 0) is 13.0 Å². The average Bonchev–Trinajstić information content (AvgIpc) is 2.32. The molecule has 0 fully saturated rings. The molecule has 6 heteroatoms. The molecule has 0 unspecified atom stereocenters. The first-order valence-corrected chi connectivity index (χ1v) is 4.92. The summed E-state index contributed by atoms with van der Waals surface area (Å²) in [6.07, 6.45) is 0. The molecule has 17 heavy (non-hydrogen) atoms. The first-order valence-electron chi connectivity index (χ1n) is 4.92. The van der Waals surface area contributed by atoms with Crippen LogP contribution in [-0.2, 0) is 11.8 Å². The minimum atomic E-state index is -0.682. The Kier molecular flexibility index (Phi) is 3.88. The normalized spacial score (nSPS) is 9.53. The van der Waals surface area contributed by atoms with Crippen LogP contribution in [0, 0.1) is 11.3 Å². The number of carbonyl (C=O) groups is 1. The van der Waals surface area contributed by atoms with Crippen LogP contribution in [0.15, 0.2) is 10.9 Å². The van der Waals surface area contributed by atoms with E-state index >= 15 is 0 Å². The minimum absolute atomic E-state index is 0.0333. The molecule has 0 saturated heterocycles. The van der Waals surface area contributed by atoms with Gasteiger partial charge in [-0.2, -0.15) is 5.26 Å². The summed E-state index contributed by atoms with van der Waals surface area (Å²) < 4.78 is 10.8. The van der Waals surface area contributed by atoms with Crippen molar-refractivity contribution in [3.63, 3.8) is 0 Å². The Hall–Kier alpha value is -2.29. The molecular formula is C11H12N2O4. The zero-order chi connectivity index (χ0) is 13.0. The van der Waals surface area contributed by atoms with Gasteiger partial charge < -0.3 is 9.47 Å². The summed E-state index contributed by atoms with van der Waals surface area (Å²) in [6, 6.07) is 3.10. The molecule has 0 aliphatic carbocycles. The van der Waals surface area contributed by atoms with Crippen molar-refractivity contribution in [2.24, 2.45) is 7.05 Å². The summed E-state index contributed by atoms with van der Waals surface area (Å²) in [5.74, 6) is -0.802. The smallest absolute Gasteiger partial charge is 0.342 e. The fourth-order valence-electron chi connectivity index (χ4n) is 1.34. The Morgan fingerprint density at radius 2 is 2.24 bits per heavy atom. The lowest BCUT2D eigenvalue weighted by molar-refractivity contribution is 0.0522. The second kappa shape index (κ2) is 5.16. The van der Waals surface area contributed by atoms with Crippen LogP contribution in [0.25, 0.3) is 0 Å². The first-order chi connectivity index (χ1) is 8.06. The monoisotopic (exact) mass is 236 g/mol. The van der Waals surface area contributed by atoms with E-state index in [4.69, 9.17) is 14.7 Å². The highest BCUT2D eigenvalue weighted by Crippen LogP contribution is 2.15. The van der Waals surface area contributed by atoms with Crippen LogP contribution in [0.5, 0.6) is 5.75 Å². The number of rotatable bonds is 3. The molecule has 1 aromatic heterocycles. The van der Waals surface area contributed by atoms with E-state index in [0.717, 1.165) is 4.57 Å². The third kappa shape index (κ3) is 2.28. The number of carbonyl (C=O) groups excluding carboxylic acids is 1. The van der Waals surface area contributed by atoms with E-state index in [-0.39, 0.29) is 23.6 Å². The van der Waals surface area contributed by atoms with Gasteiger partial charge in [0.25, 0.3) is 5.56 Å². The molecule has 0 bridgehead atoms. The SMILES string of the molecule is CCOC(=O)c1cc(C#N)n(C)c(=O)c1OC. The van der Waals surface area contributed by atoms with Crippen molar-refractivity contribution < 1.29 is 14.3 Å². The van der Waals surface area contributed by atoms with Crippen molar-refractivity contribution in [3.8, 4) is 11.8 Å². The Labute approximate surface area is 98.0 Å². The summed E-state index contributed by atoms with van der Waals surface area (Å²) in [6.45, 7) is 1.83. The number of hydrogen-bond donors (Lipinski definition) is 0. The molecule has 1 aromatic rings. The van der Waals surface area contributed by atoms with Crippen LogP contribution in [0.3, 0.4) is 0 Å². The number of nitriles is 1. The number of esters is 1. The van der Waals surface area contributed by atoms with Crippen molar-refractivity contribution in [2.45, 2.75) is 6.92 Å². The van der Waals surface area contributed by atoms with Gasteiger partial charge in [-0.1, -0.05) is 0 Å². The molecule has 0 saturated carbocycles. The summed E-state index contributed by atoms with van der Waals surface area (Å²) in [4.78, 5) is 23.4. The van der Waals surface area contributed by atoms with Gasteiger partial charge >= 0.3 is 5.97 Å². The van der Waals surface area contributed by atoms with Crippen molar-refractivity contribution >= 4 is 5.97 Å². The summed E-state index contributed by atoms with van der Waals surface area (Å²) in [5, 5.41) is 8.84. The predicted molar refractivity (Wildman–Crippen MR) is 58.9 cm³/mol. The Bertz CT molecular complexity index is 540. The van der Waals surface area contributed by atoms with Crippen molar-refractivity contribution in [1.29, 1.82) is 5.26 Å². The summed E-state index contributed by atoms with van der Waals surface area (Å²) in [5.41, 5.74) is -0.512. The molecule has 6 nitrogen and oxygen atoms in total. The highest BCUT2D eigenvalue weighted by atomic mass is 16.5. The molecular weight excluding hydrogens is 224 g/mol.